The molecule has 1 aromatic heterocycles. The molecule has 5 N–H and O–H groups in total. The Hall–Kier alpha value is -1.95. The van der Waals surface area contributed by atoms with E-state index in [2.05, 4.69) is 37.6 Å². The average Bonchev–Trinajstić information content (AvgIpc) is 3.12. The number of hydrogen-bond acceptors (Lipinski definition) is 10. The lowest BCUT2D eigenvalue weighted by molar-refractivity contribution is 0.131. The summed E-state index contributed by atoms with van der Waals surface area (Å²) in [6, 6.07) is 5.88. The van der Waals surface area contributed by atoms with Crippen molar-refractivity contribution in [2.75, 3.05) is 43.3 Å². The third-order valence-corrected chi connectivity index (χ3v) is 7.88. The van der Waals surface area contributed by atoms with E-state index >= 15 is 0 Å². The number of nitrogens with two attached hydrogens (primary N) is 1. The van der Waals surface area contributed by atoms with Gasteiger partial charge < -0.3 is 10.2 Å². The highest BCUT2D eigenvalue weighted by atomic mass is 32.2. The molecule has 2 heterocycles. The van der Waals surface area contributed by atoms with E-state index < -0.39 is 24.4 Å². The Labute approximate surface area is 183 Å². The van der Waals surface area contributed by atoms with Gasteiger partial charge in [-0.15, -0.1) is 10.2 Å². The second kappa shape index (κ2) is 9.04. The van der Waals surface area contributed by atoms with Crippen molar-refractivity contribution in [2.24, 2.45) is 5.14 Å². The van der Waals surface area contributed by atoms with Crippen LogP contribution in [0.4, 0.5) is 10.8 Å². The molecule has 30 heavy (non-hydrogen) atoms. The van der Waals surface area contributed by atoms with Gasteiger partial charge >= 0.3 is 0 Å². The monoisotopic (exact) mass is 492 g/mol. The fourth-order valence-electron chi connectivity index (χ4n) is 2.48. The molecule has 1 aliphatic rings. The van der Waals surface area contributed by atoms with Gasteiger partial charge in [0.2, 0.25) is 9.47 Å². The highest BCUT2D eigenvalue weighted by molar-refractivity contribution is 7.93. The van der Waals surface area contributed by atoms with Gasteiger partial charge in [0.15, 0.2) is 5.11 Å². The molecule has 0 saturated carbocycles. The number of anilines is 2. The number of aromatic nitrogens is 2. The van der Waals surface area contributed by atoms with Crippen LogP contribution in [0.2, 0.25) is 0 Å². The zero-order chi connectivity index (χ0) is 21.9. The topological polar surface area (TPSA) is 163 Å². The minimum absolute atomic E-state index is 0.0432. The highest BCUT2D eigenvalue weighted by Crippen LogP contribution is 2.22. The third-order valence-electron chi connectivity index (χ3n) is 4.06. The number of likely N-dealkylation sites (N-methyl/N-ethyl adjacent to an activating group) is 1. The van der Waals surface area contributed by atoms with Crippen molar-refractivity contribution >= 4 is 59.5 Å². The predicted molar refractivity (Wildman–Crippen MR) is 117 cm³/mol. The van der Waals surface area contributed by atoms with Crippen molar-refractivity contribution in [1.82, 2.24) is 25.5 Å². The van der Waals surface area contributed by atoms with E-state index in [4.69, 9.17) is 17.4 Å². The molecule has 0 radical (unpaired) electrons. The number of hydrazine groups is 1. The molecule has 0 aliphatic carbocycles. The van der Waals surface area contributed by atoms with Gasteiger partial charge in [0.05, 0.1) is 4.90 Å². The molecule has 12 nitrogen and oxygen atoms in total. The van der Waals surface area contributed by atoms with Gasteiger partial charge in [-0.25, -0.2) is 27.0 Å². The summed E-state index contributed by atoms with van der Waals surface area (Å²) in [5.41, 5.74) is 3.71. The minimum Gasteiger partial charge on any atom is -0.332 e. The number of rotatable bonds is 6. The van der Waals surface area contributed by atoms with Crippen molar-refractivity contribution < 1.29 is 16.8 Å². The minimum atomic E-state index is -4.06. The molecule has 0 amide bonds. The lowest BCUT2D eigenvalue weighted by Gasteiger charge is -2.33. The number of primary sulfonamides is 1. The van der Waals surface area contributed by atoms with Crippen LogP contribution in [0.25, 0.3) is 0 Å². The summed E-state index contributed by atoms with van der Waals surface area (Å²) in [7, 11) is -5.98. The Morgan fingerprint density at radius 1 is 1.10 bits per heavy atom. The van der Waals surface area contributed by atoms with Gasteiger partial charge in [0.1, 0.15) is 0 Å². The Bertz CT molecular complexity index is 1110. The Kier molecular flexibility index (Phi) is 6.85. The SMILES string of the molecule is CN1CCN(NC(=S)Nc2ccc(S(=O)(=O)Nc3nnc(S(N)(=O)=O)s3)cc2)CC1. The summed E-state index contributed by atoms with van der Waals surface area (Å²) in [6.45, 7) is 3.53. The summed E-state index contributed by atoms with van der Waals surface area (Å²) >= 11 is 5.81. The van der Waals surface area contributed by atoms with Crippen molar-refractivity contribution in [3.63, 3.8) is 0 Å². The third kappa shape index (κ3) is 6.03. The number of nitrogens with zero attached hydrogens (tertiary/aromatic N) is 4. The van der Waals surface area contributed by atoms with Gasteiger partial charge in [0, 0.05) is 31.9 Å². The van der Waals surface area contributed by atoms with Crippen LogP contribution in [0.5, 0.6) is 0 Å². The van der Waals surface area contributed by atoms with Crippen molar-refractivity contribution in [3.8, 4) is 0 Å². The van der Waals surface area contributed by atoms with Gasteiger partial charge in [-0.1, -0.05) is 11.3 Å². The molecule has 164 valence electrons. The Balaban J connectivity index is 1.60. The summed E-state index contributed by atoms with van der Waals surface area (Å²) in [4.78, 5) is 2.18. The van der Waals surface area contributed by atoms with E-state index in [1.54, 1.807) is 12.1 Å². The van der Waals surface area contributed by atoms with Gasteiger partial charge in [-0.2, -0.15) is 0 Å². The summed E-state index contributed by atoms with van der Waals surface area (Å²) in [5.74, 6) is 0. The fraction of sp³-hybridized carbons (Fsp3) is 0.357. The number of sulfonamides is 2. The van der Waals surface area contributed by atoms with Gasteiger partial charge in [-0.3, -0.25) is 10.1 Å². The zero-order valence-electron chi connectivity index (χ0n) is 15.8. The molecule has 1 aliphatic heterocycles. The molecular formula is C14H20N8O4S4. The second-order valence-corrected chi connectivity index (χ2v) is 11.2. The number of thiocarbonyl (C=S) groups is 1. The molecule has 0 atom stereocenters. The first kappa shape index (κ1) is 22.7. The first-order valence-electron chi connectivity index (χ1n) is 8.53. The van der Waals surface area contributed by atoms with E-state index in [1.165, 1.54) is 12.1 Å². The molecule has 0 spiro atoms. The molecule has 1 fully saturated rings. The van der Waals surface area contributed by atoms with E-state index in [9.17, 15) is 16.8 Å². The van der Waals surface area contributed by atoms with Crippen LogP contribution in [0.15, 0.2) is 33.5 Å². The maximum absolute atomic E-state index is 12.5. The first-order chi connectivity index (χ1) is 14.0. The number of nitrogens with one attached hydrogen (secondary N) is 3. The molecule has 1 aromatic carbocycles. The average molecular weight is 493 g/mol. The van der Waals surface area contributed by atoms with E-state index in [-0.39, 0.29) is 10.0 Å². The summed E-state index contributed by atoms with van der Waals surface area (Å²) < 4.78 is 49.1. The zero-order valence-corrected chi connectivity index (χ0v) is 19.0. The normalized spacial score (nSPS) is 16.2. The van der Waals surface area contributed by atoms with Crippen LogP contribution in [0.1, 0.15) is 0 Å². The van der Waals surface area contributed by atoms with Gasteiger partial charge in [-0.05, 0) is 43.5 Å². The maximum atomic E-state index is 12.5. The van der Waals surface area contributed by atoms with Crippen LogP contribution in [0.3, 0.4) is 0 Å². The molecule has 3 rings (SSSR count). The highest BCUT2D eigenvalue weighted by Gasteiger charge is 2.20. The van der Waals surface area contributed by atoms with Crippen LogP contribution in [0, 0.1) is 0 Å². The van der Waals surface area contributed by atoms with Crippen LogP contribution < -0.4 is 20.6 Å². The summed E-state index contributed by atoms with van der Waals surface area (Å²) in [5, 5.41) is 17.0. The van der Waals surface area contributed by atoms with E-state index in [0.29, 0.717) is 22.1 Å². The second-order valence-electron chi connectivity index (χ2n) is 6.40. The van der Waals surface area contributed by atoms with Crippen LogP contribution in [-0.4, -0.2) is 75.3 Å². The lowest BCUT2D eigenvalue weighted by atomic mass is 10.3. The standard InChI is InChI=1S/C14H20N8O4S4/c1-21-6-8-22(9-7-21)19-12(27)16-10-2-4-11(5-3-10)30(25,26)20-13-17-18-14(28-13)29(15,23)24/h2-5H,6-9H2,1H3,(H,17,20)(H2,15,23,24)(H2,16,19,27). The van der Waals surface area contributed by atoms with Gasteiger partial charge in [0.25, 0.3) is 20.0 Å². The van der Waals surface area contributed by atoms with E-state index in [0.717, 1.165) is 26.2 Å². The Morgan fingerprint density at radius 3 is 2.30 bits per heavy atom. The quantitative estimate of drug-likeness (QED) is 0.382. The number of piperazine rings is 1. The van der Waals surface area contributed by atoms with Crippen molar-refractivity contribution in [2.45, 2.75) is 9.24 Å². The van der Waals surface area contributed by atoms with Crippen LogP contribution in [-0.2, 0) is 20.0 Å². The first-order valence-corrected chi connectivity index (χ1v) is 12.8. The summed E-state index contributed by atoms with van der Waals surface area (Å²) in [6.07, 6.45) is 0. The molecule has 16 heteroatoms. The molecule has 1 saturated heterocycles. The fourth-order valence-corrected chi connectivity index (χ4v) is 5.29. The smallest absolute Gasteiger partial charge is 0.267 e. The maximum Gasteiger partial charge on any atom is 0.267 e. The molecule has 0 bridgehead atoms. The number of benzene rings is 1. The molecule has 0 unspecified atom stereocenters. The predicted octanol–water partition coefficient (Wildman–Crippen LogP) is -0.565. The van der Waals surface area contributed by atoms with Crippen molar-refractivity contribution in [1.29, 1.82) is 0 Å². The van der Waals surface area contributed by atoms with E-state index in [1.807, 2.05) is 5.01 Å². The molecular weight excluding hydrogens is 472 g/mol. The largest absolute Gasteiger partial charge is 0.332 e. The molecule has 2 aromatic rings. The Morgan fingerprint density at radius 2 is 1.73 bits per heavy atom. The number of hydrogen-bond donors (Lipinski definition) is 4. The van der Waals surface area contributed by atoms with Crippen molar-refractivity contribution in [3.05, 3.63) is 24.3 Å². The lowest BCUT2D eigenvalue weighted by Crippen LogP contribution is -2.53. The van der Waals surface area contributed by atoms with Crippen LogP contribution >= 0.6 is 23.6 Å².